The van der Waals surface area contributed by atoms with Gasteiger partial charge >= 0.3 is 18.0 Å². The molecule has 0 bridgehead atoms. The van der Waals surface area contributed by atoms with Crippen LogP contribution in [-0.4, -0.2) is 40.4 Å². The molecule has 8 nitrogen and oxygen atoms in total. The number of rotatable bonds is 5. The van der Waals surface area contributed by atoms with E-state index < -0.39 is 29.3 Å². The lowest BCUT2D eigenvalue weighted by Crippen LogP contribution is -2.67. The summed E-state index contributed by atoms with van der Waals surface area (Å²) in [5.41, 5.74) is 11.2. The molecule has 4 aliphatic rings. The van der Waals surface area contributed by atoms with Crippen LogP contribution in [0.1, 0.15) is 92.4 Å². The molecule has 0 saturated heterocycles. The van der Waals surface area contributed by atoms with Crippen molar-refractivity contribution < 1.29 is 29.0 Å². The maximum Gasteiger partial charge on any atom is 0.405 e. The fraction of sp³-hybridized carbons (Fsp3) is 0.889. The summed E-state index contributed by atoms with van der Waals surface area (Å²) in [6.07, 6.45) is 6.21. The monoisotopic (exact) mass is 492 g/mol. The zero-order valence-corrected chi connectivity index (χ0v) is 22.0. The number of esters is 1. The minimum absolute atomic E-state index is 0.0345. The van der Waals surface area contributed by atoms with Crippen molar-refractivity contribution in [3.05, 3.63) is 0 Å². The van der Waals surface area contributed by atoms with Crippen molar-refractivity contribution in [2.24, 2.45) is 51.9 Å². The molecule has 0 aromatic rings. The Kier molecular flexibility index (Phi) is 6.47. The van der Waals surface area contributed by atoms with E-state index in [2.05, 4.69) is 13.8 Å². The smallest absolute Gasteiger partial charge is 0.405 e. The first-order valence-corrected chi connectivity index (χ1v) is 13.4. The van der Waals surface area contributed by atoms with Crippen LogP contribution in [0.3, 0.4) is 0 Å². The molecule has 1 amide bonds. The first-order valence-electron chi connectivity index (χ1n) is 13.4. The van der Waals surface area contributed by atoms with E-state index in [0.717, 1.165) is 38.5 Å². The van der Waals surface area contributed by atoms with Crippen molar-refractivity contribution >= 4 is 18.0 Å². The molecule has 0 heterocycles. The van der Waals surface area contributed by atoms with Crippen LogP contribution < -0.4 is 11.5 Å². The number of carbonyl (C=O) groups excluding carboxylic acids is 2. The zero-order chi connectivity index (χ0) is 26.0. The standard InChI is InChI=1S/C27H44N2O6/c1-15(16(2)34-17(3)30)26(35-23(28)33)13-12-24(4)18(14-26)6-7-20-19(24)8-10-25(5)21(22(31)32)9-11-27(20,25)29/h15-16,18-21H,6-14,29H2,1-5H3,(H2,28,33)(H,31,32)/t15?,16?,18?,19-,20+,21?,24-,25+,26?,27?/m0/s1. The molecule has 10 atom stereocenters. The molecule has 0 aromatic heterocycles. The molecule has 35 heavy (non-hydrogen) atoms. The molecule has 4 saturated carbocycles. The SMILES string of the molecule is CC(=O)OC(C)C(C)C1(OC(N)=O)CC[C@@]2(C)C(CC[C@@H]3[C@@H]2CC[C@]2(C)C(C(=O)O)CCC32N)C1. The highest BCUT2D eigenvalue weighted by molar-refractivity contribution is 5.72. The minimum atomic E-state index is -0.788. The van der Waals surface area contributed by atoms with Crippen LogP contribution in [0.15, 0.2) is 0 Å². The van der Waals surface area contributed by atoms with Gasteiger partial charge in [0.15, 0.2) is 0 Å². The van der Waals surface area contributed by atoms with Gasteiger partial charge in [-0.2, -0.15) is 0 Å². The second-order valence-electron chi connectivity index (χ2n) is 12.7. The van der Waals surface area contributed by atoms with Crippen LogP contribution in [0.25, 0.3) is 0 Å². The Morgan fingerprint density at radius 3 is 2.26 bits per heavy atom. The number of fused-ring (bicyclic) bond motifs is 5. The fourth-order valence-electron chi connectivity index (χ4n) is 9.32. The van der Waals surface area contributed by atoms with Crippen LogP contribution in [0.4, 0.5) is 4.79 Å². The third-order valence-corrected chi connectivity index (χ3v) is 11.6. The van der Waals surface area contributed by atoms with Gasteiger partial charge in [0.1, 0.15) is 11.7 Å². The lowest BCUT2D eigenvalue weighted by atomic mass is 9.41. The lowest BCUT2D eigenvalue weighted by Gasteiger charge is -2.65. The molecular weight excluding hydrogens is 448 g/mol. The number of aliphatic carboxylic acids is 1. The van der Waals surface area contributed by atoms with Gasteiger partial charge in [-0.25, -0.2) is 4.79 Å². The number of hydrogen-bond donors (Lipinski definition) is 3. The second kappa shape index (κ2) is 8.63. The molecule has 4 fully saturated rings. The van der Waals surface area contributed by atoms with Gasteiger partial charge in [0, 0.05) is 18.4 Å². The van der Waals surface area contributed by atoms with E-state index in [9.17, 15) is 19.5 Å². The number of nitrogens with two attached hydrogens (primary N) is 2. The van der Waals surface area contributed by atoms with Crippen molar-refractivity contribution in [3.8, 4) is 0 Å². The van der Waals surface area contributed by atoms with Crippen LogP contribution in [0, 0.1) is 40.4 Å². The Labute approximate surface area is 208 Å². The third-order valence-electron chi connectivity index (χ3n) is 11.6. The van der Waals surface area contributed by atoms with Crippen LogP contribution >= 0.6 is 0 Å². The molecule has 0 spiro atoms. The highest BCUT2D eigenvalue weighted by atomic mass is 16.6. The number of primary amides is 1. The van der Waals surface area contributed by atoms with E-state index in [1.165, 1.54) is 6.92 Å². The van der Waals surface area contributed by atoms with Gasteiger partial charge in [-0.05, 0) is 93.3 Å². The molecule has 0 radical (unpaired) electrons. The van der Waals surface area contributed by atoms with E-state index in [0.29, 0.717) is 37.0 Å². The highest BCUT2D eigenvalue weighted by Crippen LogP contribution is 2.69. The van der Waals surface area contributed by atoms with Gasteiger partial charge in [0.25, 0.3) is 0 Å². The van der Waals surface area contributed by atoms with Gasteiger partial charge in [-0.1, -0.05) is 20.8 Å². The number of carboxylic acid groups (broad SMARTS) is 1. The number of ether oxygens (including phenoxy) is 2. The molecule has 6 unspecified atom stereocenters. The van der Waals surface area contributed by atoms with Crippen LogP contribution in [0.2, 0.25) is 0 Å². The summed E-state index contributed by atoms with van der Waals surface area (Å²) in [5.74, 6) is -0.579. The molecule has 0 aromatic carbocycles. The van der Waals surface area contributed by atoms with E-state index in [4.69, 9.17) is 20.9 Å². The van der Waals surface area contributed by atoms with Crippen molar-refractivity contribution in [2.45, 2.75) is 110 Å². The molecule has 5 N–H and O–H groups in total. The van der Waals surface area contributed by atoms with Gasteiger partial charge in [-0.3, -0.25) is 9.59 Å². The molecule has 198 valence electrons. The summed E-state index contributed by atoms with van der Waals surface area (Å²) < 4.78 is 11.4. The van der Waals surface area contributed by atoms with E-state index in [1.807, 2.05) is 13.8 Å². The molecular formula is C27H44N2O6. The third kappa shape index (κ3) is 3.85. The summed E-state index contributed by atoms with van der Waals surface area (Å²) in [4.78, 5) is 35.7. The van der Waals surface area contributed by atoms with Crippen molar-refractivity contribution in [1.82, 2.24) is 0 Å². The Bertz CT molecular complexity index is 895. The number of carboxylic acids is 1. The fourth-order valence-corrected chi connectivity index (χ4v) is 9.32. The summed E-state index contributed by atoms with van der Waals surface area (Å²) in [7, 11) is 0. The van der Waals surface area contributed by atoms with Crippen LogP contribution in [-0.2, 0) is 19.1 Å². The predicted octanol–water partition coefficient (Wildman–Crippen LogP) is 4.23. The van der Waals surface area contributed by atoms with Gasteiger partial charge in [0.05, 0.1) is 5.92 Å². The number of hydrogen-bond acceptors (Lipinski definition) is 6. The van der Waals surface area contributed by atoms with Crippen molar-refractivity contribution in [2.75, 3.05) is 0 Å². The first kappa shape index (κ1) is 26.2. The van der Waals surface area contributed by atoms with Gasteiger partial charge in [-0.15, -0.1) is 0 Å². The topological polar surface area (TPSA) is 142 Å². The Morgan fingerprint density at radius 1 is 0.971 bits per heavy atom. The van der Waals surface area contributed by atoms with Gasteiger partial charge in [0.2, 0.25) is 0 Å². The second-order valence-corrected chi connectivity index (χ2v) is 12.7. The van der Waals surface area contributed by atoms with Gasteiger partial charge < -0.3 is 26.0 Å². The number of carbonyl (C=O) groups is 3. The molecule has 4 aliphatic carbocycles. The maximum atomic E-state index is 12.1. The minimum Gasteiger partial charge on any atom is -0.481 e. The Hall–Kier alpha value is -1.83. The average Bonchev–Trinajstić information content (AvgIpc) is 3.04. The quantitative estimate of drug-likeness (QED) is 0.487. The number of amides is 1. The summed E-state index contributed by atoms with van der Waals surface area (Å²) in [6, 6.07) is 0. The predicted molar refractivity (Wildman–Crippen MR) is 130 cm³/mol. The zero-order valence-electron chi connectivity index (χ0n) is 22.0. The highest BCUT2D eigenvalue weighted by Gasteiger charge is 2.68. The van der Waals surface area contributed by atoms with E-state index in [-0.39, 0.29) is 28.6 Å². The largest absolute Gasteiger partial charge is 0.481 e. The van der Waals surface area contributed by atoms with Crippen LogP contribution in [0.5, 0.6) is 0 Å². The van der Waals surface area contributed by atoms with Crippen molar-refractivity contribution in [1.29, 1.82) is 0 Å². The summed E-state index contributed by atoms with van der Waals surface area (Å²) in [6.45, 7) is 9.71. The Morgan fingerprint density at radius 2 is 1.66 bits per heavy atom. The molecule has 4 rings (SSSR count). The summed E-state index contributed by atoms with van der Waals surface area (Å²) >= 11 is 0. The molecule has 0 aliphatic heterocycles. The Balaban J connectivity index is 1.61. The normalized spacial score (nSPS) is 46.3. The molecule has 8 heteroatoms. The first-order chi connectivity index (χ1) is 16.2. The van der Waals surface area contributed by atoms with E-state index >= 15 is 0 Å². The maximum absolute atomic E-state index is 12.1. The average molecular weight is 493 g/mol. The van der Waals surface area contributed by atoms with Crippen molar-refractivity contribution in [3.63, 3.8) is 0 Å². The van der Waals surface area contributed by atoms with E-state index in [1.54, 1.807) is 0 Å². The lowest BCUT2D eigenvalue weighted by molar-refractivity contribution is -0.184. The summed E-state index contributed by atoms with van der Waals surface area (Å²) in [5, 5.41) is 9.91.